The van der Waals surface area contributed by atoms with Crippen LogP contribution in [0.5, 0.6) is 0 Å². The number of anilines is 1. The highest BCUT2D eigenvalue weighted by molar-refractivity contribution is 5.79. The van der Waals surface area contributed by atoms with Gasteiger partial charge in [-0.2, -0.15) is 0 Å². The molecular formula is C17H22N4O2. The average Bonchev–Trinajstić information content (AvgIpc) is 3.06. The van der Waals surface area contributed by atoms with Crippen LogP contribution in [-0.2, 0) is 22.6 Å². The Morgan fingerprint density at radius 2 is 2.09 bits per heavy atom. The molecule has 0 bridgehead atoms. The van der Waals surface area contributed by atoms with Gasteiger partial charge in [0.2, 0.25) is 11.9 Å². The Kier molecular flexibility index (Phi) is 3.99. The van der Waals surface area contributed by atoms with Crippen molar-refractivity contribution in [1.82, 2.24) is 14.9 Å². The van der Waals surface area contributed by atoms with E-state index in [-0.39, 0.29) is 11.8 Å². The molecule has 23 heavy (non-hydrogen) atoms. The van der Waals surface area contributed by atoms with E-state index in [4.69, 9.17) is 9.72 Å². The Morgan fingerprint density at radius 1 is 1.22 bits per heavy atom. The Balaban J connectivity index is 1.46. The molecule has 0 aromatic carbocycles. The number of hydrogen-bond acceptors (Lipinski definition) is 5. The Morgan fingerprint density at radius 3 is 2.87 bits per heavy atom. The summed E-state index contributed by atoms with van der Waals surface area (Å²) in [5, 5.41) is 0. The molecule has 0 radical (unpaired) electrons. The second-order valence-electron chi connectivity index (χ2n) is 6.42. The number of nitrogens with zero attached hydrogens (tertiary/aromatic N) is 4. The smallest absolute Gasteiger partial charge is 0.226 e. The number of morpholine rings is 1. The van der Waals surface area contributed by atoms with Crippen LogP contribution in [0.3, 0.4) is 0 Å². The summed E-state index contributed by atoms with van der Waals surface area (Å²) in [6.45, 7) is 4.37. The number of rotatable bonds is 2. The molecule has 122 valence electrons. The Hall–Kier alpha value is -1.95. The number of hydrogen-bond donors (Lipinski definition) is 0. The van der Waals surface area contributed by atoms with Crippen LogP contribution in [0.1, 0.15) is 30.5 Å². The fourth-order valence-corrected chi connectivity index (χ4v) is 3.49. The molecule has 0 spiro atoms. The molecule has 1 aromatic rings. The van der Waals surface area contributed by atoms with Crippen molar-refractivity contribution in [3.63, 3.8) is 0 Å². The lowest BCUT2D eigenvalue weighted by molar-refractivity contribution is -0.136. The number of aromatic nitrogens is 2. The molecule has 1 amide bonds. The predicted molar refractivity (Wildman–Crippen MR) is 85.8 cm³/mol. The minimum atomic E-state index is 0.140. The van der Waals surface area contributed by atoms with Crippen LogP contribution in [0.15, 0.2) is 18.3 Å². The summed E-state index contributed by atoms with van der Waals surface area (Å²) in [7, 11) is 0. The first-order valence-corrected chi connectivity index (χ1v) is 8.42. The molecule has 0 saturated carbocycles. The van der Waals surface area contributed by atoms with Crippen LogP contribution in [0.2, 0.25) is 0 Å². The maximum atomic E-state index is 12.7. The molecular weight excluding hydrogens is 292 g/mol. The number of fused-ring (bicyclic) bond motifs is 1. The summed E-state index contributed by atoms with van der Waals surface area (Å²) in [6.07, 6.45) is 9.04. The van der Waals surface area contributed by atoms with Crippen molar-refractivity contribution in [2.24, 2.45) is 5.92 Å². The first-order valence-electron chi connectivity index (χ1n) is 8.42. The Bertz CT molecular complexity index is 625. The summed E-state index contributed by atoms with van der Waals surface area (Å²) >= 11 is 0. The van der Waals surface area contributed by atoms with Gasteiger partial charge in [-0.25, -0.2) is 9.97 Å². The molecule has 1 aliphatic carbocycles. The number of amides is 1. The third-order valence-electron chi connectivity index (χ3n) is 4.87. The van der Waals surface area contributed by atoms with Gasteiger partial charge in [-0.3, -0.25) is 4.79 Å². The van der Waals surface area contributed by atoms with Crippen LogP contribution < -0.4 is 4.90 Å². The van der Waals surface area contributed by atoms with Gasteiger partial charge in [-0.15, -0.1) is 0 Å². The number of ether oxygens (including phenoxy) is 1. The monoisotopic (exact) mass is 314 g/mol. The zero-order chi connectivity index (χ0) is 15.6. The molecule has 3 aliphatic rings. The summed E-state index contributed by atoms with van der Waals surface area (Å²) in [5.74, 6) is 1.17. The molecule has 2 aliphatic heterocycles. The van der Waals surface area contributed by atoms with E-state index in [9.17, 15) is 4.79 Å². The zero-order valence-corrected chi connectivity index (χ0v) is 13.3. The van der Waals surface area contributed by atoms with Crippen LogP contribution in [0.4, 0.5) is 5.95 Å². The molecule has 4 rings (SSSR count). The Labute approximate surface area is 136 Å². The molecule has 1 atom stereocenters. The minimum Gasteiger partial charge on any atom is -0.378 e. The van der Waals surface area contributed by atoms with Gasteiger partial charge >= 0.3 is 0 Å². The van der Waals surface area contributed by atoms with Gasteiger partial charge in [0.05, 0.1) is 25.5 Å². The lowest BCUT2D eigenvalue weighted by Crippen LogP contribution is -2.37. The minimum absolute atomic E-state index is 0.140. The molecule has 6 heteroatoms. The van der Waals surface area contributed by atoms with Gasteiger partial charge < -0.3 is 14.5 Å². The van der Waals surface area contributed by atoms with E-state index in [0.29, 0.717) is 13.1 Å². The van der Waals surface area contributed by atoms with Crippen molar-refractivity contribution in [1.29, 1.82) is 0 Å². The highest BCUT2D eigenvalue weighted by atomic mass is 16.5. The van der Waals surface area contributed by atoms with Gasteiger partial charge in [0.25, 0.3) is 0 Å². The van der Waals surface area contributed by atoms with Gasteiger partial charge in [-0.1, -0.05) is 12.2 Å². The van der Waals surface area contributed by atoms with Crippen molar-refractivity contribution in [2.45, 2.75) is 32.4 Å². The number of carbonyl (C=O) groups excluding carboxylic acids is 1. The van der Waals surface area contributed by atoms with Crippen LogP contribution in [-0.4, -0.2) is 47.1 Å². The van der Waals surface area contributed by atoms with E-state index < -0.39 is 0 Å². The number of carbonyl (C=O) groups is 1. The second kappa shape index (κ2) is 6.28. The average molecular weight is 314 g/mol. The largest absolute Gasteiger partial charge is 0.378 e. The third kappa shape index (κ3) is 2.95. The normalized spacial score (nSPS) is 23.9. The highest BCUT2D eigenvalue weighted by Gasteiger charge is 2.30. The van der Waals surface area contributed by atoms with E-state index in [1.165, 1.54) is 0 Å². The molecule has 1 saturated heterocycles. The van der Waals surface area contributed by atoms with E-state index >= 15 is 0 Å². The third-order valence-corrected chi connectivity index (χ3v) is 4.87. The maximum absolute atomic E-state index is 12.7. The van der Waals surface area contributed by atoms with Gasteiger partial charge in [0.15, 0.2) is 0 Å². The van der Waals surface area contributed by atoms with Gasteiger partial charge in [0, 0.05) is 37.3 Å². The molecule has 1 aromatic heterocycles. The molecule has 0 N–H and O–H groups in total. The fraction of sp³-hybridized carbons (Fsp3) is 0.588. The topological polar surface area (TPSA) is 58.6 Å². The molecule has 6 nitrogen and oxygen atoms in total. The first-order chi connectivity index (χ1) is 11.3. The highest BCUT2D eigenvalue weighted by Crippen LogP contribution is 2.27. The SMILES string of the molecule is O=C(C1CC=CCC1)N1Cc2cnc(N3CCOCC3)nc2C1. The second-order valence-corrected chi connectivity index (χ2v) is 6.42. The van der Waals surface area contributed by atoms with E-state index in [1.54, 1.807) is 0 Å². The fourth-order valence-electron chi connectivity index (χ4n) is 3.49. The van der Waals surface area contributed by atoms with Gasteiger partial charge in [-0.05, 0) is 19.3 Å². The van der Waals surface area contributed by atoms with Crippen molar-refractivity contribution >= 4 is 11.9 Å². The zero-order valence-electron chi connectivity index (χ0n) is 13.3. The van der Waals surface area contributed by atoms with Crippen molar-refractivity contribution < 1.29 is 9.53 Å². The summed E-state index contributed by atoms with van der Waals surface area (Å²) in [5.41, 5.74) is 2.09. The van der Waals surface area contributed by atoms with Crippen LogP contribution in [0.25, 0.3) is 0 Å². The predicted octanol–water partition coefficient (Wildman–Crippen LogP) is 1.51. The van der Waals surface area contributed by atoms with Crippen molar-refractivity contribution in [3.05, 3.63) is 29.6 Å². The lowest BCUT2D eigenvalue weighted by atomic mass is 9.93. The van der Waals surface area contributed by atoms with Crippen molar-refractivity contribution in [2.75, 3.05) is 31.2 Å². The molecule has 1 fully saturated rings. The number of allylic oxidation sites excluding steroid dienone is 2. The maximum Gasteiger partial charge on any atom is 0.226 e. The van der Waals surface area contributed by atoms with E-state index in [2.05, 4.69) is 22.0 Å². The summed E-state index contributed by atoms with van der Waals surface area (Å²) in [4.78, 5) is 26.0. The van der Waals surface area contributed by atoms with E-state index in [0.717, 1.165) is 62.8 Å². The van der Waals surface area contributed by atoms with Crippen LogP contribution in [0, 0.1) is 5.92 Å². The van der Waals surface area contributed by atoms with Gasteiger partial charge in [0.1, 0.15) is 0 Å². The summed E-state index contributed by atoms with van der Waals surface area (Å²) in [6, 6.07) is 0. The lowest BCUT2D eigenvalue weighted by Gasteiger charge is -2.26. The standard InChI is InChI=1S/C17H22N4O2/c22-16(13-4-2-1-3-5-13)21-11-14-10-18-17(19-15(14)12-21)20-6-8-23-9-7-20/h1-2,10,13H,3-9,11-12H2. The van der Waals surface area contributed by atoms with Crippen LogP contribution >= 0.6 is 0 Å². The van der Waals surface area contributed by atoms with E-state index in [1.807, 2.05) is 11.1 Å². The molecule has 3 heterocycles. The quantitative estimate of drug-likeness (QED) is 0.775. The first kappa shape index (κ1) is 14.6. The summed E-state index contributed by atoms with van der Waals surface area (Å²) < 4.78 is 5.37. The molecule has 1 unspecified atom stereocenters. The van der Waals surface area contributed by atoms with Crippen molar-refractivity contribution in [3.8, 4) is 0 Å².